The number of aliphatic hydroxyl groups excluding tert-OH is 1. The van der Waals surface area contributed by atoms with E-state index < -0.39 is 17.8 Å². The molecule has 0 spiro atoms. The Kier molecular flexibility index (Phi) is 7.29. The first-order valence-corrected chi connectivity index (χ1v) is 9.32. The molecule has 2 atom stereocenters. The van der Waals surface area contributed by atoms with Gasteiger partial charge in [0, 0.05) is 12.6 Å². The van der Waals surface area contributed by atoms with Gasteiger partial charge in [0.2, 0.25) is 0 Å². The van der Waals surface area contributed by atoms with Crippen molar-refractivity contribution in [3.63, 3.8) is 0 Å². The summed E-state index contributed by atoms with van der Waals surface area (Å²) in [7, 11) is 2.12. The molecule has 0 unspecified atom stereocenters. The summed E-state index contributed by atoms with van der Waals surface area (Å²) in [5.41, 5.74) is 0.259. The Hall–Kier alpha value is -1.79. The van der Waals surface area contributed by atoms with Crippen LogP contribution in [0.2, 0.25) is 0 Å². The fourth-order valence-electron chi connectivity index (χ4n) is 2.99. The van der Waals surface area contributed by atoms with Gasteiger partial charge in [0.1, 0.15) is 18.0 Å². The highest BCUT2D eigenvalue weighted by Gasteiger charge is 2.21. The predicted octanol–water partition coefficient (Wildman–Crippen LogP) is 3.11. The number of ether oxygens (including phenoxy) is 2. The minimum absolute atomic E-state index is 0.341. The Bertz CT molecular complexity index is 585. The summed E-state index contributed by atoms with van der Waals surface area (Å²) < 4.78 is 11.1. The second kappa shape index (κ2) is 9.24. The molecule has 0 aromatic heterocycles. The lowest BCUT2D eigenvalue weighted by Crippen LogP contribution is -2.33. The summed E-state index contributed by atoms with van der Waals surface area (Å²) in [5.74, 6) is 0.766. The van der Waals surface area contributed by atoms with Crippen LogP contribution in [0, 0.1) is 0 Å². The summed E-state index contributed by atoms with van der Waals surface area (Å²) in [4.78, 5) is 13.9. The number of likely N-dealkylation sites (N-methyl/N-ethyl adjacent to an activating group) is 1. The zero-order valence-corrected chi connectivity index (χ0v) is 16.3. The maximum absolute atomic E-state index is 11.6. The Morgan fingerprint density at radius 2 is 2.19 bits per heavy atom. The van der Waals surface area contributed by atoms with E-state index in [-0.39, 0.29) is 0 Å². The van der Waals surface area contributed by atoms with E-state index in [0.717, 1.165) is 24.3 Å². The average Bonchev–Trinajstić information content (AvgIpc) is 2.96. The fraction of sp³-hybridized carbons (Fsp3) is 0.650. The number of benzene rings is 1. The van der Waals surface area contributed by atoms with Crippen LogP contribution in [0.1, 0.15) is 51.7 Å². The van der Waals surface area contributed by atoms with Gasteiger partial charge < -0.3 is 24.8 Å². The van der Waals surface area contributed by atoms with Crippen LogP contribution in [0.5, 0.6) is 5.75 Å². The third-order valence-corrected chi connectivity index (χ3v) is 4.44. The molecule has 6 nitrogen and oxygen atoms in total. The summed E-state index contributed by atoms with van der Waals surface area (Å²) >= 11 is 0. The maximum atomic E-state index is 11.6. The number of aliphatic hydroxyl groups is 1. The molecule has 6 heteroatoms. The molecule has 0 bridgehead atoms. The SMILES string of the molecule is CN1CCC[C@H]1COc1cccc([C@H](O)CCNC(=O)OC(C)(C)C)c1. The van der Waals surface area contributed by atoms with E-state index in [0.29, 0.717) is 25.6 Å². The number of carbonyl (C=O) groups excluding carboxylic acids is 1. The molecule has 146 valence electrons. The molecule has 2 N–H and O–H groups in total. The summed E-state index contributed by atoms with van der Waals surface area (Å²) in [6.45, 7) is 7.57. The fourth-order valence-corrected chi connectivity index (χ4v) is 2.99. The van der Waals surface area contributed by atoms with Crippen LogP contribution in [0.25, 0.3) is 0 Å². The lowest BCUT2D eigenvalue weighted by atomic mass is 10.1. The third kappa shape index (κ3) is 6.84. The zero-order valence-electron chi connectivity index (χ0n) is 16.3. The van der Waals surface area contributed by atoms with Gasteiger partial charge in [0.05, 0.1) is 6.10 Å². The summed E-state index contributed by atoms with van der Waals surface area (Å²) in [5, 5.41) is 13.0. The molecule has 2 rings (SSSR count). The van der Waals surface area contributed by atoms with Crippen molar-refractivity contribution < 1.29 is 19.4 Å². The second-order valence-electron chi connectivity index (χ2n) is 7.89. The van der Waals surface area contributed by atoms with Crippen molar-refractivity contribution >= 4 is 6.09 Å². The molecule has 1 fully saturated rings. The van der Waals surface area contributed by atoms with Gasteiger partial charge in [-0.25, -0.2) is 4.79 Å². The number of likely N-dealkylation sites (tertiary alicyclic amines) is 1. The molecule has 1 aromatic carbocycles. The maximum Gasteiger partial charge on any atom is 0.407 e. The summed E-state index contributed by atoms with van der Waals surface area (Å²) in [6, 6.07) is 7.99. The number of nitrogens with one attached hydrogen (secondary N) is 1. The Morgan fingerprint density at radius 3 is 2.85 bits per heavy atom. The van der Waals surface area contributed by atoms with Crippen LogP contribution in [0.3, 0.4) is 0 Å². The molecule has 1 aliphatic rings. The van der Waals surface area contributed by atoms with Crippen molar-refractivity contribution in [1.82, 2.24) is 10.2 Å². The molecule has 26 heavy (non-hydrogen) atoms. The molecule has 0 aliphatic carbocycles. The van der Waals surface area contributed by atoms with Crippen LogP contribution in [-0.2, 0) is 4.74 Å². The van der Waals surface area contributed by atoms with Gasteiger partial charge in [-0.3, -0.25) is 0 Å². The third-order valence-electron chi connectivity index (χ3n) is 4.44. The zero-order chi connectivity index (χ0) is 19.2. The van der Waals surface area contributed by atoms with Crippen molar-refractivity contribution in [2.24, 2.45) is 0 Å². The predicted molar refractivity (Wildman–Crippen MR) is 101 cm³/mol. The van der Waals surface area contributed by atoms with Gasteiger partial charge >= 0.3 is 6.09 Å². The van der Waals surface area contributed by atoms with E-state index >= 15 is 0 Å². The summed E-state index contributed by atoms with van der Waals surface area (Å²) in [6.07, 6.45) is 1.65. The van der Waals surface area contributed by atoms with E-state index in [2.05, 4.69) is 17.3 Å². The van der Waals surface area contributed by atoms with Gasteiger partial charge in [-0.2, -0.15) is 0 Å². The van der Waals surface area contributed by atoms with E-state index in [1.54, 1.807) is 0 Å². The highest BCUT2D eigenvalue weighted by molar-refractivity contribution is 5.67. The minimum Gasteiger partial charge on any atom is -0.492 e. The smallest absolute Gasteiger partial charge is 0.407 e. The number of hydrogen-bond donors (Lipinski definition) is 2. The van der Waals surface area contributed by atoms with Crippen LogP contribution < -0.4 is 10.1 Å². The highest BCUT2D eigenvalue weighted by atomic mass is 16.6. The molecule has 1 heterocycles. The number of nitrogens with zero attached hydrogens (tertiary/aromatic N) is 1. The average molecular weight is 364 g/mol. The van der Waals surface area contributed by atoms with Gasteiger partial charge in [0.25, 0.3) is 0 Å². The number of rotatable bonds is 7. The van der Waals surface area contributed by atoms with E-state index in [1.807, 2.05) is 45.0 Å². The first-order valence-electron chi connectivity index (χ1n) is 9.32. The molecule has 0 radical (unpaired) electrons. The van der Waals surface area contributed by atoms with E-state index in [4.69, 9.17) is 9.47 Å². The largest absolute Gasteiger partial charge is 0.492 e. The van der Waals surface area contributed by atoms with Gasteiger partial charge in [0.15, 0.2) is 0 Å². The Labute approximate surface area is 156 Å². The van der Waals surface area contributed by atoms with Gasteiger partial charge in [-0.05, 0) is 71.3 Å². The normalized spacial score (nSPS) is 19.2. The van der Waals surface area contributed by atoms with Gasteiger partial charge in [-0.1, -0.05) is 12.1 Å². The second-order valence-corrected chi connectivity index (χ2v) is 7.89. The topological polar surface area (TPSA) is 71.0 Å². The monoisotopic (exact) mass is 364 g/mol. The molecular formula is C20H32N2O4. The molecule has 1 amide bonds. The number of carbonyl (C=O) groups is 1. The number of hydrogen-bond acceptors (Lipinski definition) is 5. The van der Waals surface area contributed by atoms with Crippen LogP contribution in [-0.4, -0.2) is 54.5 Å². The highest BCUT2D eigenvalue weighted by Crippen LogP contribution is 2.23. The molecule has 0 saturated carbocycles. The Morgan fingerprint density at radius 1 is 1.42 bits per heavy atom. The minimum atomic E-state index is -0.664. The van der Waals surface area contributed by atoms with E-state index in [9.17, 15) is 9.90 Å². The van der Waals surface area contributed by atoms with Crippen molar-refractivity contribution in [3.8, 4) is 5.75 Å². The first kappa shape index (κ1) is 20.5. The van der Waals surface area contributed by atoms with Crippen molar-refractivity contribution in [1.29, 1.82) is 0 Å². The van der Waals surface area contributed by atoms with E-state index in [1.165, 1.54) is 6.42 Å². The van der Waals surface area contributed by atoms with Crippen molar-refractivity contribution in [3.05, 3.63) is 29.8 Å². The van der Waals surface area contributed by atoms with Crippen molar-refractivity contribution in [2.45, 2.75) is 57.8 Å². The van der Waals surface area contributed by atoms with Crippen LogP contribution in [0.4, 0.5) is 4.79 Å². The molecule has 1 aromatic rings. The Balaban J connectivity index is 1.78. The molecular weight excluding hydrogens is 332 g/mol. The molecule has 1 saturated heterocycles. The number of amides is 1. The van der Waals surface area contributed by atoms with Gasteiger partial charge in [-0.15, -0.1) is 0 Å². The standard InChI is InChI=1S/C20H32N2O4/c1-20(2,3)26-19(24)21-11-10-18(23)15-7-5-9-17(13-15)25-14-16-8-6-12-22(16)4/h5,7,9,13,16,18,23H,6,8,10-12,14H2,1-4H3,(H,21,24)/t16-,18+/m0/s1. The number of alkyl carbamates (subject to hydrolysis) is 1. The molecule has 1 aliphatic heterocycles. The quantitative estimate of drug-likeness (QED) is 0.778. The lowest BCUT2D eigenvalue weighted by molar-refractivity contribution is 0.0518. The van der Waals surface area contributed by atoms with Crippen LogP contribution >= 0.6 is 0 Å². The lowest BCUT2D eigenvalue weighted by Gasteiger charge is -2.21. The van der Waals surface area contributed by atoms with Crippen molar-refractivity contribution in [2.75, 3.05) is 26.7 Å². The first-order chi connectivity index (χ1) is 12.2. The van der Waals surface area contributed by atoms with Crippen LogP contribution in [0.15, 0.2) is 24.3 Å².